The molecule has 4 aromatic heterocycles. The molecule has 5 rings (SSSR count). The maximum atomic E-state index is 13.4. The smallest absolute Gasteiger partial charge is 0.344 e. The molecule has 1 aliphatic carbocycles. The lowest BCUT2D eigenvalue weighted by Crippen LogP contribution is -2.23. The maximum Gasteiger partial charge on any atom is 0.420 e. The van der Waals surface area contributed by atoms with Crippen molar-refractivity contribution in [3.05, 3.63) is 53.2 Å². The number of fused-ring (bicyclic) bond motifs is 1. The third kappa shape index (κ3) is 6.30. The van der Waals surface area contributed by atoms with Gasteiger partial charge < -0.3 is 10.0 Å². The van der Waals surface area contributed by atoms with Gasteiger partial charge in [-0.25, -0.2) is 23.1 Å². The Morgan fingerprint density at radius 3 is 2.68 bits per heavy atom. The summed E-state index contributed by atoms with van der Waals surface area (Å²) in [5.41, 5.74) is -0.676. The molecule has 1 atom stereocenters. The number of hydrogen-bond donors (Lipinski definition) is 2. The molecule has 0 bridgehead atoms. The largest absolute Gasteiger partial charge is 0.420 e. The Kier molecular flexibility index (Phi) is 8.62. The first-order chi connectivity index (χ1) is 18.2. The lowest BCUT2D eigenvalue weighted by atomic mass is 10.3. The molecule has 2 N–H and O–H groups in total. The molecule has 1 fully saturated rings. The molecular weight excluding hydrogens is 566 g/mol. The van der Waals surface area contributed by atoms with E-state index in [-0.39, 0.29) is 28.1 Å². The molecule has 1 unspecified atom stereocenters. The zero-order valence-electron chi connectivity index (χ0n) is 20.0. The summed E-state index contributed by atoms with van der Waals surface area (Å²) in [6.45, 7) is 4.08. The van der Waals surface area contributed by atoms with Crippen LogP contribution >= 0.6 is 23.7 Å². The van der Waals surface area contributed by atoms with E-state index in [1.807, 2.05) is 13.8 Å². The minimum Gasteiger partial charge on any atom is -0.344 e. The summed E-state index contributed by atoms with van der Waals surface area (Å²) in [6.07, 6.45) is 1.73. The van der Waals surface area contributed by atoms with Gasteiger partial charge in [0.1, 0.15) is 27.8 Å². The SMILES string of the molecule is CC.O=C(NCc1cc(NS(=O)C2CC2)ccn1)c1ncc(-c2cnc3c(n2)c(C(F)(F)F)cn3SF)s1. The number of carbonyl (C=O) groups excluding carboxylic acids is 1. The zero-order valence-corrected chi connectivity index (χ0v) is 22.4. The average Bonchev–Trinajstić information content (AvgIpc) is 3.52. The van der Waals surface area contributed by atoms with Crippen LogP contribution in [0.25, 0.3) is 21.7 Å². The van der Waals surface area contributed by atoms with Crippen LogP contribution < -0.4 is 10.0 Å². The number of nitrogens with one attached hydrogen (secondary N) is 2. The number of nitrogens with zero attached hydrogens (tertiary/aromatic N) is 5. The molecule has 1 aliphatic rings. The van der Waals surface area contributed by atoms with E-state index in [1.54, 1.807) is 12.1 Å². The molecule has 202 valence electrons. The van der Waals surface area contributed by atoms with Gasteiger partial charge in [-0.1, -0.05) is 13.8 Å². The van der Waals surface area contributed by atoms with Crippen molar-refractivity contribution < 1.29 is 26.1 Å². The normalized spacial score (nSPS) is 14.1. The van der Waals surface area contributed by atoms with Crippen molar-refractivity contribution in [2.45, 2.75) is 44.7 Å². The topological polar surface area (TPSA) is 115 Å². The van der Waals surface area contributed by atoms with Crippen LogP contribution in [0.1, 0.15) is 47.7 Å². The van der Waals surface area contributed by atoms with E-state index < -0.39 is 46.5 Å². The summed E-state index contributed by atoms with van der Waals surface area (Å²) in [5.74, 6) is -0.516. The van der Waals surface area contributed by atoms with Gasteiger partial charge in [-0.05, 0) is 25.0 Å². The first-order valence-corrected chi connectivity index (χ1v) is 14.0. The van der Waals surface area contributed by atoms with Gasteiger partial charge in [0, 0.05) is 24.3 Å². The standard InChI is InChI=1S/C20H15F4N7O2S3.C2H6/c21-20(22,23)13-9-31(35-24)17-16(13)29-14(7-26-17)15-8-28-19(34-15)18(32)27-6-11-5-10(3-4-25-11)30-36(33)12-1-2-12;1-2/h3-5,7-9,12H,1-2,6H2,(H,25,30)(H,27,32);1-2H3. The molecule has 4 aromatic rings. The molecule has 0 saturated heterocycles. The summed E-state index contributed by atoms with van der Waals surface area (Å²) in [7, 11) is -1.16. The highest BCUT2D eigenvalue weighted by atomic mass is 32.2. The van der Waals surface area contributed by atoms with E-state index in [0.29, 0.717) is 26.4 Å². The van der Waals surface area contributed by atoms with Crippen molar-refractivity contribution in [2.75, 3.05) is 4.72 Å². The third-order valence-corrected chi connectivity index (χ3v) is 8.05. The van der Waals surface area contributed by atoms with Crippen LogP contribution in [0.4, 0.5) is 22.7 Å². The van der Waals surface area contributed by atoms with E-state index in [4.69, 9.17) is 0 Å². The second kappa shape index (κ2) is 11.7. The number of thiazole rings is 1. The van der Waals surface area contributed by atoms with Crippen LogP contribution in [-0.2, 0) is 23.7 Å². The van der Waals surface area contributed by atoms with Crippen molar-refractivity contribution in [1.29, 1.82) is 0 Å². The molecule has 1 saturated carbocycles. The average molecular weight is 588 g/mol. The molecule has 0 spiro atoms. The number of aromatic nitrogens is 5. The number of alkyl halides is 3. The Morgan fingerprint density at radius 2 is 2.00 bits per heavy atom. The van der Waals surface area contributed by atoms with Gasteiger partial charge in [0.05, 0.1) is 28.6 Å². The molecule has 38 heavy (non-hydrogen) atoms. The van der Waals surface area contributed by atoms with E-state index >= 15 is 0 Å². The van der Waals surface area contributed by atoms with E-state index in [0.717, 1.165) is 24.2 Å². The summed E-state index contributed by atoms with van der Waals surface area (Å²) in [5, 5.41) is 2.90. The van der Waals surface area contributed by atoms with Gasteiger partial charge >= 0.3 is 6.18 Å². The molecule has 16 heteroatoms. The minimum atomic E-state index is -4.75. The fraction of sp³-hybridized carbons (Fsp3) is 0.318. The quantitative estimate of drug-likeness (QED) is 0.260. The number of anilines is 1. The predicted octanol–water partition coefficient (Wildman–Crippen LogP) is 5.54. The van der Waals surface area contributed by atoms with E-state index in [9.17, 15) is 26.1 Å². The number of halogens is 4. The Bertz CT molecular complexity index is 1470. The van der Waals surface area contributed by atoms with Crippen molar-refractivity contribution in [3.8, 4) is 10.6 Å². The second-order valence-corrected chi connectivity index (χ2v) is 10.7. The molecule has 1 amide bonds. The van der Waals surface area contributed by atoms with Crippen LogP contribution in [-0.4, -0.2) is 39.3 Å². The highest BCUT2D eigenvalue weighted by Crippen LogP contribution is 2.37. The lowest BCUT2D eigenvalue weighted by molar-refractivity contribution is -0.136. The molecule has 9 nitrogen and oxygen atoms in total. The van der Waals surface area contributed by atoms with E-state index in [1.165, 1.54) is 18.6 Å². The number of hydrogen-bond acceptors (Lipinski definition) is 8. The number of amides is 1. The van der Waals surface area contributed by atoms with Crippen molar-refractivity contribution in [3.63, 3.8) is 0 Å². The lowest BCUT2D eigenvalue weighted by Gasteiger charge is -2.07. The van der Waals surface area contributed by atoms with Crippen molar-refractivity contribution >= 4 is 57.4 Å². The van der Waals surface area contributed by atoms with Gasteiger partial charge in [-0.3, -0.25) is 9.78 Å². The monoisotopic (exact) mass is 587 g/mol. The Hall–Kier alpha value is -3.11. The zero-order chi connectivity index (χ0) is 27.4. The van der Waals surface area contributed by atoms with Crippen molar-refractivity contribution in [2.24, 2.45) is 0 Å². The van der Waals surface area contributed by atoms with Crippen LogP contribution in [0, 0.1) is 0 Å². The van der Waals surface area contributed by atoms with Crippen LogP contribution in [0.15, 0.2) is 36.9 Å². The van der Waals surface area contributed by atoms with Gasteiger partial charge in [-0.2, -0.15) is 13.2 Å². The first kappa shape index (κ1) is 27.9. The second-order valence-electron chi connectivity index (χ2n) is 7.71. The third-order valence-electron chi connectivity index (χ3n) is 5.09. The first-order valence-electron chi connectivity index (χ1n) is 11.3. The Balaban J connectivity index is 0.00000164. The molecular formula is C22H21F4N7O2S3. The number of carbonyl (C=O) groups is 1. The molecule has 4 heterocycles. The number of pyridine rings is 1. The Morgan fingerprint density at radius 1 is 1.24 bits per heavy atom. The Labute approximate surface area is 225 Å². The van der Waals surface area contributed by atoms with Crippen LogP contribution in [0.2, 0.25) is 0 Å². The highest BCUT2D eigenvalue weighted by Gasteiger charge is 2.36. The van der Waals surface area contributed by atoms with Gasteiger partial charge in [0.2, 0.25) is 0 Å². The highest BCUT2D eigenvalue weighted by molar-refractivity contribution is 7.92. The summed E-state index contributed by atoms with van der Waals surface area (Å²) in [4.78, 5) is 29.0. The van der Waals surface area contributed by atoms with E-state index in [2.05, 4.69) is 30.0 Å². The fourth-order valence-electron chi connectivity index (χ4n) is 3.21. The summed E-state index contributed by atoms with van der Waals surface area (Å²) < 4.78 is 68.7. The molecule has 0 aromatic carbocycles. The maximum absolute atomic E-state index is 13.4. The van der Waals surface area contributed by atoms with Gasteiger partial charge in [0.25, 0.3) is 5.91 Å². The molecule has 0 aliphatic heterocycles. The fourth-order valence-corrected chi connectivity index (χ4v) is 5.43. The van der Waals surface area contributed by atoms with Crippen LogP contribution in [0.3, 0.4) is 0 Å². The minimum absolute atomic E-state index is 0.0592. The summed E-state index contributed by atoms with van der Waals surface area (Å²) >= 11 is 0.503. The number of rotatable bonds is 8. The summed E-state index contributed by atoms with van der Waals surface area (Å²) in [6, 6.07) is 3.36. The van der Waals surface area contributed by atoms with Crippen LogP contribution in [0.5, 0.6) is 0 Å². The van der Waals surface area contributed by atoms with Crippen molar-refractivity contribution in [1.82, 2.24) is 29.2 Å². The van der Waals surface area contributed by atoms with Gasteiger partial charge in [-0.15, -0.1) is 15.2 Å². The molecule has 0 radical (unpaired) electrons. The van der Waals surface area contributed by atoms with Gasteiger partial charge in [0.15, 0.2) is 23.0 Å². The predicted molar refractivity (Wildman–Crippen MR) is 139 cm³/mol.